The summed E-state index contributed by atoms with van der Waals surface area (Å²) in [6.45, 7) is 3.88. The van der Waals surface area contributed by atoms with Crippen molar-refractivity contribution >= 4 is 22.6 Å². The second-order valence-electron chi connectivity index (χ2n) is 5.22. The molecule has 0 amide bonds. The number of nitrogens with zero attached hydrogens (tertiary/aromatic N) is 2. The predicted molar refractivity (Wildman–Crippen MR) is 79.4 cm³/mol. The van der Waals surface area contributed by atoms with Crippen LogP contribution < -0.4 is 4.74 Å². The molecule has 0 bridgehead atoms. The van der Waals surface area contributed by atoms with Gasteiger partial charge in [-0.1, -0.05) is 6.07 Å². The Labute approximate surface area is 123 Å². The van der Waals surface area contributed by atoms with Crippen LogP contribution in [0.3, 0.4) is 0 Å². The number of ether oxygens (including phenoxy) is 2. The highest BCUT2D eigenvalue weighted by atomic mass is 35.5. The lowest BCUT2D eigenvalue weighted by molar-refractivity contribution is 0.102. The van der Waals surface area contributed by atoms with Crippen molar-refractivity contribution < 1.29 is 9.47 Å². The van der Waals surface area contributed by atoms with Crippen molar-refractivity contribution in [3.63, 3.8) is 0 Å². The fourth-order valence-electron chi connectivity index (χ4n) is 2.89. The molecule has 0 saturated carbocycles. The Morgan fingerprint density at radius 3 is 3.00 bits per heavy atom. The van der Waals surface area contributed by atoms with Gasteiger partial charge in [-0.2, -0.15) is 0 Å². The van der Waals surface area contributed by atoms with Gasteiger partial charge in [-0.25, -0.2) is 4.98 Å². The number of rotatable bonds is 4. The van der Waals surface area contributed by atoms with Gasteiger partial charge in [0, 0.05) is 19.1 Å². The van der Waals surface area contributed by atoms with Gasteiger partial charge in [-0.3, -0.25) is 0 Å². The van der Waals surface area contributed by atoms with E-state index in [1.165, 1.54) is 0 Å². The average molecular weight is 295 g/mol. The van der Waals surface area contributed by atoms with Gasteiger partial charge in [0.15, 0.2) is 0 Å². The second kappa shape index (κ2) is 5.62. The minimum atomic E-state index is 0.293. The number of methoxy groups -OCH3 is 1. The van der Waals surface area contributed by atoms with Gasteiger partial charge >= 0.3 is 0 Å². The Bertz CT molecular complexity index is 611. The molecule has 2 heterocycles. The van der Waals surface area contributed by atoms with Gasteiger partial charge < -0.3 is 14.0 Å². The third-order valence-corrected chi connectivity index (χ3v) is 4.35. The van der Waals surface area contributed by atoms with Crippen LogP contribution in [0.4, 0.5) is 0 Å². The highest BCUT2D eigenvalue weighted by Gasteiger charge is 2.26. The first-order valence-corrected chi connectivity index (χ1v) is 7.47. The summed E-state index contributed by atoms with van der Waals surface area (Å²) >= 11 is 6.07. The molecule has 1 aliphatic rings. The number of para-hydroxylation sites is 1. The molecule has 108 valence electrons. The number of benzene rings is 1. The van der Waals surface area contributed by atoms with Crippen molar-refractivity contribution in [2.75, 3.05) is 13.7 Å². The molecular weight excluding hydrogens is 276 g/mol. The van der Waals surface area contributed by atoms with Crippen LogP contribution in [-0.2, 0) is 17.2 Å². The second-order valence-corrected chi connectivity index (χ2v) is 5.49. The molecule has 0 spiro atoms. The maximum atomic E-state index is 6.07. The van der Waals surface area contributed by atoms with E-state index in [0.717, 1.165) is 42.2 Å². The molecule has 0 N–H and O–H groups in total. The highest BCUT2D eigenvalue weighted by molar-refractivity contribution is 6.16. The van der Waals surface area contributed by atoms with E-state index in [-0.39, 0.29) is 0 Å². The molecule has 1 aliphatic heterocycles. The molecule has 4 nitrogen and oxygen atoms in total. The molecule has 1 saturated heterocycles. The quantitative estimate of drug-likeness (QED) is 0.813. The Kier molecular flexibility index (Phi) is 3.85. The number of imidazole rings is 1. The van der Waals surface area contributed by atoms with Crippen LogP contribution >= 0.6 is 11.6 Å². The molecule has 2 atom stereocenters. The van der Waals surface area contributed by atoms with E-state index >= 15 is 0 Å². The summed E-state index contributed by atoms with van der Waals surface area (Å²) in [5.41, 5.74) is 1.97. The van der Waals surface area contributed by atoms with Crippen molar-refractivity contribution in [2.45, 2.75) is 31.9 Å². The first kappa shape index (κ1) is 13.7. The molecule has 0 aliphatic carbocycles. The van der Waals surface area contributed by atoms with Crippen LogP contribution in [-0.4, -0.2) is 29.4 Å². The summed E-state index contributed by atoms with van der Waals surface area (Å²) in [6.07, 6.45) is 1.38. The fourth-order valence-corrected chi connectivity index (χ4v) is 3.09. The third-order valence-electron chi connectivity index (χ3n) is 4.11. The van der Waals surface area contributed by atoms with Gasteiger partial charge in [0.05, 0.1) is 24.6 Å². The number of hydrogen-bond donors (Lipinski definition) is 0. The van der Waals surface area contributed by atoms with Gasteiger partial charge in [0.25, 0.3) is 0 Å². The molecule has 2 unspecified atom stereocenters. The van der Waals surface area contributed by atoms with Crippen LogP contribution in [0.15, 0.2) is 18.2 Å². The minimum absolute atomic E-state index is 0.293. The van der Waals surface area contributed by atoms with Crippen molar-refractivity contribution in [2.24, 2.45) is 5.92 Å². The lowest BCUT2D eigenvalue weighted by Gasteiger charge is -2.16. The molecular formula is C15H19ClN2O2. The van der Waals surface area contributed by atoms with E-state index < -0.39 is 0 Å². The van der Waals surface area contributed by atoms with Crippen LogP contribution in [0.25, 0.3) is 11.0 Å². The highest BCUT2D eigenvalue weighted by Crippen LogP contribution is 2.29. The molecule has 1 aromatic carbocycles. The Balaban J connectivity index is 2.04. The summed E-state index contributed by atoms with van der Waals surface area (Å²) < 4.78 is 13.3. The van der Waals surface area contributed by atoms with Crippen LogP contribution in [0.1, 0.15) is 19.2 Å². The molecule has 5 heteroatoms. The Hall–Kier alpha value is -1.26. The Morgan fingerprint density at radius 2 is 2.35 bits per heavy atom. The lowest BCUT2D eigenvalue weighted by atomic mass is 10.0. The summed E-state index contributed by atoms with van der Waals surface area (Å²) in [4.78, 5) is 4.63. The minimum Gasteiger partial charge on any atom is -0.494 e. The molecule has 2 aromatic rings. The van der Waals surface area contributed by atoms with Crippen molar-refractivity contribution in [1.29, 1.82) is 0 Å². The SMILES string of the molecule is COc1cccc2c1nc(CCl)n2CC1CCOC1C. The van der Waals surface area contributed by atoms with Gasteiger partial charge in [-0.05, 0) is 25.5 Å². The monoisotopic (exact) mass is 294 g/mol. The molecule has 3 rings (SSSR count). The number of halogens is 1. The standard InChI is InChI=1S/C15H19ClN2O2/c1-10-11(6-7-20-10)9-18-12-4-3-5-13(19-2)15(12)17-14(18)8-16/h3-5,10-11H,6-9H2,1-2H3. The van der Waals surface area contributed by atoms with E-state index in [0.29, 0.717) is 17.9 Å². The zero-order valence-corrected chi connectivity index (χ0v) is 12.6. The zero-order chi connectivity index (χ0) is 14.1. The zero-order valence-electron chi connectivity index (χ0n) is 11.8. The molecule has 0 radical (unpaired) electrons. The van der Waals surface area contributed by atoms with Crippen molar-refractivity contribution in [1.82, 2.24) is 9.55 Å². The van der Waals surface area contributed by atoms with Gasteiger partial charge in [0.1, 0.15) is 17.1 Å². The van der Waals surface area contributed by atoms with Gasteiger partial charge in [0.2, 0.25) is 0 Å². The van der Waals surface area contributed by atoms with E-state index in [1.54, 1.807) is 7.11 Å². The number of alkyl halides is 1. The number of aromatic nitrogens is 2. The molecule has 20 heavy (non-hydrogen) atoms. The first-order valence-electron chi connectivity index (χ1n) is 6.94. The predicted octanol–water partition coefficient (Wildman–Crippen LogP) is 3.21. The first-order chi connectivity index (χ1) is 9.74. The fraction of sp³-hybridized carbons (Fsp3) is 0.533. The summed E-state index contributed by atoms with van der Waals surface area (Å²) in [7, 11) is 1.67. The summed E-state index contributed by atoms with van der Waals surface area (Å²) in [5.74, 6) is 2.61. The van der Waals surface area contributed by atoms with Crippen LogP contribution in [0, 0.1) is 5.92 Å². The lowest BCUT2D eigenvalue weighted by Crippen LogP contribution is -2.19. The number of fused-ring (bicyclic) bond motifs is 1. The van der Waals surface area contributed by atoms with Crippen LogP contribution in [0.2, 0.25) is 0 Å². The van der Waals surface area contributed by atoms with Crippen molar-refractivity contribution in [3.8, 4) is 5.75 Å². The maximum Gasteiger partial charge on any atom is 0.146 e. The van der Waals surface area contributed by atoms with Crippen LogP contribution in [0.5, 0.6) is 5.75 Å². The maximum absolute atomic E-state index is 6.07. The largest absolute Gasteiger partial charge is 0.494 e. The average Bonchev–Trinajstić information content (AvgIpc) is 3.03. The van der Waals surface area contributed by atoms with E-state index in [9.17, 15) is 0 Å². The Morgan fingerprint density at radius 1 is 1.50 bits per heavy atom. The summed E-state index contributed by atoms with van der Waals surface area (Å²) in [5, 5.41) is 0. The number of hydrogen-bond acceptors (Lipinski definition) is 3. The van der Waals surface area contributed by atoms with Gasteiger partial charge in [-0.15, -0.1) is 11.6 Å². The molecule has 1 fully saturated rings. The third kappa shape index (κ3) is 2.27. The summed E-state index contributed by atoms with van der Waals surface area (Å²) in [6, 6.07) is 5.99. The topological polar surface area (TPSA) is 36.3 Å². The molecule has 1 aromatic heterocycles. The van der Waals surface area contributed by atoms with Crippen molar-refractivity contribution in [3.05, 3.63) is 24.0 Å². The van der Waals surface area contributed by atoms with E-state index in [4.69, 9.17) is 21.1 Å². The normalized spacial score (nSPS) is 22.6. The van der Waals surface area contributed by atoms with E-state index in [2.05, 4.69) is 22.5 Å². The van der Waals surface area contributed by atoms with E-state index in [1.807, 2.05) is 12.1 Å². The smallest absolute Gasteiger partial charge is 0.146 e.